The molecule has 1 aliphatic rings. The standard InChI is InChI=1S/C11H6O15/c12-1-18-8-7(25-22-5-16)9(26-23-6-17)11(20-3-14,21-4-15)24-10(8)19-2-13/h1-6H. The second-order valence-electron chi connectivity index (χ2n) is 3.34. The third-order valence-corrected chi connectivity index (χ3v) is 2.17. The van der Waals surface area contributed by atoms with Gasteiger partial charge in [-0.25, -0.2) is 0 Å². The molecular formula is C11H6O15. The normalized spacial score (nSPS) is 14.6. The van der Waals surface area contributed by atoms with Crippen LogP contribution in [0, 0.1) is 0 Å². The van der Waals surface area contributed by atoms with Gasteiger partial charge in [0.25, 0.3) is 30.9 Å². The van der Waals surface area contributed by atoms with Crippen molar-refractivity contribution in [3.63, 3.8) is 0 Å². The van der Waals surface area contributed by atoms with Gasteiger partial charge in [0, 0.05) is 0 Å². The maximum Gasteiger partial charge on any atom is 0.497 e. The van der Waals surface area contributed by atoms with Gasteiger partial charge >= 0.3 is 37.1 Å². The van der Waals surface area contributed by atoms with Crippen LogP contribution in [0.2, 0.25) is 0 Å². The zero-order chi connectivity index (χ0) is 19.4. The first-order valence-corrected chi connectivity index (χ1v) is 5.79. The Labute approximate surface area is 141 Å². The van der Waals surface area contributed by atoms with E-state index in [1.54, 1.807) is 0 Å². The molecule has 15 nitrogen and oxygen atoms in total. The fourth-order valence-corrected chi connectivity index (χ4v) is 1.43. The minimum atomic E-state index is -3.05. The van der Waals surface area contributed by atoms with E-state index in [1.807, 2.05) is 0 Å². The first-order valence-electron chi connectivity index (χ1n) is 5.79. The molecule has 0 fully saturated rings. The highest BCUT2D eigenvalue weighted by molar-refractivity contribution is 5.50. The summed E-state index contributed by atoms with van der Waals surface area (Å²) in [6.45, 7) is -1.72. The van der Waals surface area contributed by atoms with E-state index in [2.05, 4.69) is 38.5 Å². The van der Waals surface area contributed by atoms with E-state index in [0.29, 0.717) is 0 Å². The lowest BCUT2D eigenvalue weighted by Crippen LogP contribution is -2.45. The Morgan fingerprint density at radius 3 is 1.73 bits per heavy atom. The Bertz CT molecular complexity index is 622. The minimum absolute atomic E-state index is 0.233. The summed E-state index contributed by atoms with van der Waals surface area (Å²) in [4.78, 5) is 80.1. The van der Waals surface area contributed by atoms with E-state index in [9.17, 15) is 28.8 Å². The van der Waals surface area contributed by atoms with Crippen LogP contribution in [0.3, 0.4) is 0 Å². The lowest BCUT2D eigenvalue weighted by atomic mass is 10.2. The van der Waals surface area contributed by atoms with Crippen LogP contribution in [0.1, 0.15) is 0 Å². The third-order valence-electron chi connectivity index (χ3n) is 2.17. The lowest BCUT2D eigenvalue weighted by Gasteiger charge is -2.32. The average Bonchev–Trinajstić information content (AvgIpc) is 2.62. The van der Waals surface area contributed by atoms with Crippen LogP contribution in [0.4, 0.5) is 0 Å². The molecule has 0 aromatic heterocycles. The minimum Gasteiger partial charge on any atom is -0.417 e. The predicted octanol–water partition coefficient (Wildman–Crippen LogP) is -2.05. The van der Waals surface area contributed by atoms with Crippen molar-refractivity contribution in [2.75, 3.05) is 0 Å². The van der Waals surface area contributed by atoms with Gasteiger partial charge in [0.15, 0.2) is 0 Å². The van der Waals surface area contributed by atoms with E-state index >= 15 is 0 Å². The number of carbonyl (C=O) groups excluding carboxylic acids is 6. The summed E-state index contributed by atoms with van der Waals surface area (Å²) in [6.07, 6.45) is 0. The van der Waals surface area contributed by atoms with E-state index in [1.165, 1.54) is 0 Å². The van der Waals surface area contributed by atoms with E-state index in [0.717, 1.165) is 0 Å². The summed E-state index contributed by atoms with van der Waals surface area (Å²) in [5.41, 5.74) is 0. The van der Waals surface area contributed by atoms with Crippen molar-refractivity contribution in [1.29, 1.82) is 0 Å². The molecule has 0 saturated carbocycles. The van der Waals surface area contributed by atoms with Crippen molar-refractivity contribution in [1.82, 2.24) is 0 Å². The zero-order valence-corrected chi connectivity index (χ0v) is 12.1. The second kappa shape index (κ2) is 9.75. The molecule has 0 atom stereocenters. The number of carbonyl (C=O) groups is 6. The Morgan fingerprint density at radius 2 is 1.23 bits per heavy atom. The molecule has 26 heavy (non-hydrogen) atoms. The van der Waals surface area contributed by atoms with Crippen LogP contribution in [-0.2, 0) is 72.0 Å². The zero-order valence-electron chi connectivity index (χ0n) is 12.1. The van der Waals surface area contributed by atoms with Gasteiger partial charge < -0.3 is 23.7 Å². The van der Waals surface area contributed by atoms with Crippen molar-refractivity contribution in [3.8, 4) is 0 Å². The SMILES string of the molecule is O=COOC1=C(OOC=O)C(OC=O)(OC=O)OC(OC=O)=C1OC=O. The molecule has 15 heteroatoms. The number of ether oxygens (including phenoxy) is 5. The van der Waals surface area contributed by atoms with Gasteiger partial charge in [-0.05, 0) is 0 Å². The monoisotopic (exact) mass is 378 g/mol. The van der Waals surface area contributed by atoms with Gasteiger partial charge in [-0.15, -0.1) is 0 Å². The molecule has 0 saturated heterocycles. The summed E-state index contributed by atoms with van der Waals surface area (Å²) >= 11 is 0. The summed E-state index contributed by atoms with van der Waals surface area (Å²) < 4.78 is 22.4. The van der Waals surface area contributed by atoms with Crippen molar-refractivity contribution in [3.05, 3.63) is 23.2 Å². The third kappa shape index (κ3) is 4.16. The first kappa shape index (κ1) is 19.7. The van der Waals surface area contributed by atoms with Crippen molar-refractivity contribution in [2.45, 2.75) is 5.97 Å². The number of hydrogen-bond donors (Lipinski definition) is 0. The molecule has 0 unspecified atom stereocenters. The fraction of sp³-hybridized carbons (Fsp3) is 0.0909. The van der Waals surface area contributed by atoms with E-state index < -0.39 is 29.2 Å². The van der Waals surface area contributed by atoms with Crippen LogP contribution in [0.15, 0.2) is 23.2 Å². The van der Waals surface area contributed by atoms with Crippen LogP contribution in [-0.4, -0.2) is 44.8 Å². The molecule has 0 aliphatic carbocycles. The molecule has 0 aromatic rings. The predicted molar refractivity (Wildman–Crippen MR) is 62.9 cm³/mol. The van der Waals surface area contributed by atoms with Gasteiger partial charge in [0.05, 0.1) is 0 Å². The molecule has 0 aromatic carbocycles. The van der Waals surface area contributed by atoms with Gasteiger partial charge in [-0.2, -0.15) is 0 Å². The Balaban J connectivity index is 3.68. The van der Waals surface area contributed by atoms with Gasteiger partial charge in [0.2, 0.25) is 0 Å². The highest BCUT2D eigenvalue weighted by atomic mass is 17.2. The smallest absolute Gasteiger partial charge is 0.417 e. The Morgan fingerprint density at radius 1 is 0.654 bits per heavy atom. The van der Waals surface area contributed by atoms with Gasteiger partial charge in [-0.1, -0.05) is 0 Å². The lowest BCUT2D eigenvalue weighted by molar-refractivity contribution is -0.365. The number of hydrogen-bond acceptors (Lipinski definition) is 15. The van der Waals surface area contributed by atoms with Crippen LogP contribution < -0.4 is 0 Å². The average molecular weight is 378 g/mol. The molecule has 140 valence electrons. The molecule has 0 amide bonds. The fourth-order valence-electron chi connectivity index (χ4n) is 1.43. The van der Waals surface area contributed by atoms with E-state index in [-0.39, 0.29) is 38.8 Å². The van der Waals surface area contributed by atoms with Crippen molar-refractivity contribution < 1.29 is 72.0 Å². The Kier molecular flexibility index (Phi) is 7.41. The highest BCUT2D eigenvalue weighted by Gasteiger charge is 2.57. The van der Waals surface area contributed by atoms with Crippen molar-refractivity contribution >= 4 is 38.8 Å². The quantitative estimate of drug-likeness (QED) is 0.106. The van der Waals surface area contributed by atoms with Gasteiger partial charge in [-0.3, -0.25) is 48.3 Å². The molecule has 1 heterocycles. The maximum absolute atomic E-state index is 10.7. The topological polar surface area (TPSA) is 185 Å². The first-order chi connectivity index (χ1) is 12.6. The van der Waals surface area contributed by atoms with Gasteiger partial charge in [0.1, 0.15) is 0 Å². The maximum atomic E-state index is 10.7. The molecule has 0 spiro atoms. The highest BCUT2D eigenvalue weighted by Crippen LogP contribution is 2.40. The van der Waals surface area contributed by atoms with E-state index in [4.69, 9.17) is 4.74 Å². The summed E-state index contributed by atoms with van der Waals surface area (Å²) in [5, 5.41) is 0. The summed E-state index contributed by atoms with van der Waals surface area (Å²) in [5.74, 6) is -7.28. The second-order valence-corrected chi connectivity index (χ2v) is 3.34. The molecule has 1 rings (SSSR count). The summed E-state index contributed by atoms with van der Waals surface area (Å²) in [6, 6.07) is 0. The van der Waals surface area contributed by atoms with Crippen molar-refractivity contribution in [2.24, 2.45) is 0 Å². The molecule has 0 radical (unpaired) electrons. The summed E-state index contributed by atoms with van der Waals surface area (Å²) in [7, 11) is 0. The largest absolute Gasteiger partial charge is 0.497 e. The number of rotatable bonds is 14. The Hall–Kier alpha value is -4.30. The van der Waals surface area contributed by atoms with Crippen LogP contribution in [0.25, 0.3) is 0 Å². The molecule has 1 aliphatic heterocycles. The molecule has 0 N–H and O–H groups in total. The van der Waals surface area contributed by atoms with Crippen LogP contribution in [0.5, 0.6) is 0 Å². The van der Waals surface area contributed by atoms with Crippen LogP contribution >= 0.6 is 0 Å². The molecular weight excluding hydrogens is 372 g/mol. The molecule has 0 bridgehead atoms.